The summed E-state index contributed by atoms with van der Waals surface area (Å²) in [5, 5.41) is 6.87. The number of hydrogen-bond donors (Lipinski definition) is 0. The Kier molecular flexibility index (Phi) is 7.78. The van der Waals surface area contributed by atoms with Gasteiger partial charge in [0.2, 0.25) is 0 Å². The zero-order valence-electron chi connectivity index (χ0n) is 32.3. The Morgan fingerprint density at radius 1 is 0.333 bits per heavy atom. The Bertz CT molecular complexity index is 3530. The van der Waals surface area contributed by atoms with Crippen molar-refractivity contribution in [3.63, 3.8) is 0 Å². The second kappa shape index (κ2) is 13.8. The van der Waals surface area contributed by atoms with Crippen LogP contribution in [0.1, 0.15) is 0 Å². The van der Waals surface area contributed by atoms with E-state index in [4.69, 9.17) is 19.4 Å². The first kappa shape index (κ1) is 33.9. The average Bonchev–Trinajstić information content (AvgIpc) is 3.87. The van der Waals surface area contributed by atoms with Crippen LogP contribution in [0.2, 0.25) is 0 Å². The van der Waals surface area contributed by atoms with E-state index >= 15 is 0 Å². The van der Waals surface area contributed by atoms with Gasteiger partial charge in [-0.05, 0) is 93.7 Å². The van der Waals surface area contributed by atoms with Gasteiger partial charge in [-0.3, -0.25) is 0 Å². The van der Waals surface area contributed by atoms with Gasteiger partial charge in [-0.2, -0.15) is 0 Å². The summed E-state index contributed by atoms with van der Waals surface area (Å²) in [6.07, 6.45) is 0. The van der Waals surface area contributed by atoms with E-state index in [1.807, 2.05) is 72.8 Å². The van der Waals surface area contributed by atoms with Gasteiger partial charge in [0.05, 0.1) is 11.0 Å². The quantitative estimate of drug-likeness (QED) is 0.169. The first-order valence-electron chi connectivity index (χ1n) is 20.2. The van der Waals surface area contributed by atoms with Crippen LogP contribution in [-0.4, -0.2) is 19.5 Å². The number of benzene rings is 9. The third kappa shape index (κ3) is 5.67. The fourth-order valence-corrected chi connectivity index (χ4v) is 8.73. The maximum atomic E-state index is 6.46. The highest BCUT2D eigenvalue weighted by Crippen LogP contribution is 2.40. The molecule has 0 radical (unpaired) electrons. The standard InChI is InChI=1S/C55H34N4O/c1-4-13-35(14-5-1)53-56-54(36-15-6-2-7-16-36)58-55(57-53)45-20-12-22-51-52(45)47-34-42(28-30-50(47)60-51)40-26-24-37-31-39(25-23-38(37)32-40)41-27-29-49-46(33-41)44-19-10-11-21-48(44)59(49)43-17-8-3-9-18-43/h1-34H. The van der Waals surface area contributed by atoms with Crippen LogP contribution in [-0.2, 0) is 0 Å². The number of furan rings is 1. The fourth-order valence-electron chi connectivity index (χ4n) is 8.73. The monoisotopic (exact) mass is 766 g/mol. The molecule has 0 aliphatic carbocycles. The molecule has 60 heavy (non-hydrogen) atoms. The van der Waals surface area contributed by atoms with Crippen LogP contribution >= 0.6 is 0 Å². The van der Waals surface area contributed by atoms with Crippen molar-refractivity contribution in [2.45, 2.75) is 0 Å². The molecule has 0 atom stereocenters. The maximum absolute atomic E-state index is 6.46. The van der Waals surface area contributed by atoms with E-state index in [1.54, 1.807) is 0 Å². The molecule has 0 saturated carbocycles. The summed E-state index contributed by atoms with van der Waals surface area (Å²) in [5.74, 6) is 1.85. The van der Waals surface area contributed by atoms with Crippen LogP contribution in [0, 0.1) is 0 Å². The Labute approximate surface area is 345 Å². The molecule has 0 saturated heterocycles. The Morgan fingerprint density at radius 2 is 0.867 bits per heavy atom. The van der Waals surface area contributed by atoms with E-state index in [9.17, 15) is 0 Å². The zero-order chi connectivity index (χ0) is 39.6. The minimum atomic E-state index is 0.601. The minimum Gasteiger partial charge on any atom is -0.456 e. The largest absolute Gasteiger partial charge is 0.456 e. The van der Waals surface area contributed by atoms with Gasteiger partial charge in [0, 0.05) is 43.9 Å². The Hall–Kier alpha value is -8.15. The van der Waals surface area contributed by atoms with Gasteiger partial charge in [-0.1, -0.05) is 146 Å². The predicted molar refractivity (Wildman–Crippen MR) is 246 cm³/mol. The van der Waals surface area contributed by atoms with Crippen molar-refractivity contribution in [3.8, 4) is 62.1 Å². The van der Waals surface area contributed by atoms with Crippen LogP contribution < -0.4 is 0 Å². The smallest absolute Gasteiger partial charge is 0.164 e. The molecule has 0 spiro atoms. The van der Waals surface area contributed by atoms with Crippen LogP contribution in [0.3, 0.4) is 0 Å². The molecule has 5 nitrogen and oxygen atoms in total. The van der Waals surface area contributed by atoms with Crippen molar-refractivity contribution in [2.75, 3.05) is 0 Å². The van der Waals surface area contributed by atoms with E-state index in [1.165, 1.54) is 43.7 Å². The van der Waals surface area contributed by atoms with E-state index in [0.29, 0.717) is 17.5 Å². The van der Waals surface area contributed by atoms with E-state index < -0.39 is 0 Å². The molecule has 3 heterocycles. The molecule has 5 heteroatoms. The maximum Gasteiger partial charge on any atom is 0.164 e. The summed E-state index contributed by atoms with van der Waals surface area (Å²) in [5.41, 5.74) is 12.6. The number of para-hydroxylation sites is 2. The van der Waals surface area contributed by atoms with Gasteiger partial charge in [0.25, 0.3) is 0 Å². The molecule has 0 aliphatic heterocycles. The molecule has 0 N–H and O–H groups in total. The Balaban J connectivity index is 0.935. The van der Waals surface area contributed by atoms with Crippen LogP contribution in [0.5, 0.6) is 0 Å². The van der Waals surface area contributed by atoms with Gasteiger partial charge in [0.1, 0.15) is 11.2 Å². The molecule has 0 unspecified atom stereocenters. The van der Waals surface area contributed by atoms with Gasteiger partial charge >= 0.3 is 0 Å². The second-order valence-corrected chi connectivity index (χ2v) is 15.2. The normalized spacial score (nSPS) is 11.7. The molecular formula is C55H34N4O. The zero-order valence-corrected chi connectivity index (χ0v) is 32.3. The molecule has 0 fully saturated rings. The summed E-state index contributed by atoms with van der Waals surface area (Å²) in [6.45, 7) is 0. The molecule has 0 aliphatic rings. The van der Waals surface area contributed by atoms with Gasteiger partial charge in [-0.25, -0.2) is 15.0 Å². The summed E-state index contributed by atoms with van der Waals surface area (Å²) >= 11 is 0. The van der Waals surface area contributed by atoms with Crippen LogP contribution in [0.15, 0.2) is 211 Å². The van der Waals surface area contributed by atoms with Crippen molar-refractivity contribution in [1.82, 2.24) is 19.5 Å². The van der Waals surface area contributed by atoms with Crippen molar-refractivity contribution in [2.24, 2.45) is 0 Å². The lowest BCUT2D eigenvalue weighted by Gasteiger charge is -2.10. The number of hydrogen-bond acceptors (Lipinski definition) is 4. The number of aromatic nitrogens is 4. The number of nitrogens with zero attached hydrogens (tertiary/aromatic N) is 4. The molecule has 12 aromatic rings. The fraction of sp³-hybridized carbons (Fsp3) is 0. The average molecular weight is 767 g/mol. The molecule has 0 bridgehead atoms. The highest BCUT2D eigenvalue weighted by Gasteiger charge is 2.19. The SMILES string of the molecule is c1ccc(-c2nc(-c3ccccc3)nc(-c3cccc4oc5ccc(-c6ccc7cc(-c8ccc9c(c8)c8ccccc8n9-c8ccccc8)ccc7c6)cc5c34)n2)cc1. The minimum absolute atomic E-state index is 0.601. The first-order chi connectivity index (χ1) is 29.7. The highest BCUT2D eigenvalue weighted by molar-refractivity contribution is 6.13. The lowest BCUT2D eigenvalue weighted by Crippen LogP contribution is -2.00. The van der Waals surface area contributed by atoms with E-state index in [2.05, 4.69) is 138 Å². The Morgan fingerprint density at radius 3 is 1.55 bits per heavy atom. The second-order valence-electron chi connectivity index (χ2n) is 15.2. The van der Waals surface area contributed by atoms with Crippen molar-refractivity contribution in [1.29, 1.82) is 0 Å². The van der Waals surface area contributed by atoms with Crippen LogP contribution in [0.25, 0.3) is 117 Å². The lowest BCUT2D eigenvalue weighted by molar-refractivity contribution is 0.669. The number of rotatable bonds is 6. The molecule has 9 aromatic carbocycles. The topological polar surface area (TPSA) is 56.7 Å². The van der Waals surface area contributed by atoms with Gasteiger partial charge in [-0.15, -0.1) is 0 Å². The predicted octanol–water partition coefficient (Wildman–Crippen LogP) is 14.4. The first-order valence-corrected chi connectivity index (χ1v) is 20.2. The van der Waals surface area contributed by atoms with Crippen molar-refractivity contribution < 1.29 is 4.42 Å². The third-order valence-electron chi connectivity index (χ3n) is 11.6. The summed E-state index contributed by atoms with van der Waals surface area (Å²) in [4.78, 5) is 15.0. The summed E-state index contributed by atoms with van der Waals surface area (Å²) < 4.78 is 8.82. The van der Waals surface area contributed by atoms with Crippen LogP contribution in [0.4, 0.5) is 0 Å². The van der Waals surface area contributed by atoms with E-state index in [0.717, 1.165) is 55.4 Å². The molecular weight excluding hydrogens is 733 g/mol. The van der Waals surface area contributed by atoms with Gasteiger partial charge in [0.15, 0.2) is 17.5 Å². The number of fused-ring (bicyclic) bond motifs is 7. The van der Waals surface area contributed by atoms with Gasteiger partial charge < -0.3 is 8.98 Å². The molecule has 3 aromatic heterocycles. The molecule has 12 rings (SSSR count). The lowest BCUT2D eigenvalue weighted by atomic mass is 9.96. The van der Waals surface area contributed by atoms with E-state index in [-0.39, 0.29) is 0 Å². The highest BCUT2D eigenvalue weighted by atomic mass is 16.3. The molecule has 280 valence electrons. The summed E-state index contributed by atoms with van der Waals surface area (Å²) in [6, 6.07) is 72.4. The summed E-state index contributed by atoms with van der Waals surface area (Å²) in [7, 11) is 0. The third-order valence-corrected chi connectivity index (χ3v) is 11.6. The van der Waals surface area contributed by atoms with Crippen molar-refractivity contribution in [3.05, 3.63) is 206 Å². The molecule has 0 amide bonds. The van der Waals surface area contributed by atoms with Crippen molar-refractivity contribution >= 4 is 54.5 Å².